The molecule has 0 heterocycles. The van der Waals surface area contributed by atoms with Crippen molar-refractivity contribution < 1.29 is 24.6 Å². The molecule has 3 N–H and O–H groups in total. The molecule has 1 aromatic carbocycles. The number of aromatic carboxylic acids is 1. The lowest BCUT2D eigenvalue weighted by Gasteiger charge is -2.01. The fourth-order valence-electron chi connectivity index (χ4n) is 1.77. The molecule has 22 heavy (non-hydrogen) atoms. The zero-order chi connectivity index (χ0) is 16.4. The maximum atomic E-state index is 11.5. The van der Waals surface area contributed by atoms with Gasteiger partial charge in [-0.15, -0.1) is 0 Å². The highest BCUT2D eigenvalue weighted by atomic mass is 16.4. The van der Waals surface area contributed by atoms with Crippen molar-refractivity contribution in [3.05, 3.63) is 35.4 Å². The number of carboxylic acid groups (broad SMARTS) is 2. The van der Waals surface area contributed by atoms with E-state index in [1.54, 1.807) is 18.2 Å². The van der Waals surface area contributed by atoms with Crippen LogP contribution in [-0.4, -0.2) is 34.3 Å². The minimum absolute atomic E-state index is 0.103. The number of aliphatic carboxylic acids is 1. The van der Waals surface area contributed by atoms with Gasteiger partial charge in [-0.25, -0.2) is 10.2 Å². The second-order valence-electron chi connectivity index (χ2n) is 4.64. The molecule has 7 nitrogen and oxygen atoms in total. The van der Waals surface area contributed by atoms with Crippen molar-refractivity contribution in [2.75, 3.05) is 0 Å². The molecular formula is C15H18N2O5. The van der Waals surface area contributed by atoms with Crippen LogP contribution in [0.15, 0.2) is 29.4 Å². The minimum Gasteiger partial charge on any atom is -0.481 e. The summed E-state index contributed by atoms with van der Waals surface area (Å²) in [5.74, 6) is -2.20. The fraction of sp³-hybridized carbons (Fsp3) is 0.333. The third-order valence-corrected chi connectivity index (χ3v) is 2.88. The van der Waals surface area contributed by atoms with Crippen LogP contribution in [0.4, 0.5) is 0 Å². The van der Waals surface area contributed by atoms with E-state index in [1.165, 1.54) is 12.3 Å². The molecule has 0 aliphatic heterocycles. The van der Waals surface area contributed by atoms with Crippen LogP contribution in [0.3, 0.4) is 0 Å². The van der Waals surface area contributed by atoms with E-state index in [0.717, 1.165) is 0 Å². The van der Waals surface area contributed by atoms with Crippen molar-refractivity contribution in [2.24, 2.45) is 5.10 Å². The van der Waals surface area contributed by atoms with E-state index in [1.807, 2.05) is 0 Å². The highest BCUT2D eigenvalue weighted by molar-refractivity contribution is 5.98. The molecule has 7 heteroatoms. The van der Waals surface area contributed by atoms with E-state index >= 15 is 0 Å². The SMILES string of the molecule is O=C(O)CCCCCC(=O)N/N=C/c1ccccc1C(=O)O. The Balaban J connectivity index is 2.35. The highest BCUT2D eigenvalue weighted by Gasteiger charge is 2.07. The Morgan fingerprint density at radius 2 is 1.73 bits per heavy atom. The van der Waals surface area contributed by atoms with E-state index in [-0.39, 0.29) is 24.3 Å². The van der Waals surface area contributed by atoms with Crippen LogP contribution in [0.2, 0.25) is 0 Å². The summed E-state index contributed by atoms with van der Waals surface area (Å²) in [5.41, 5.74) is 2.82. The summed E-state index contributed by atoms with van der Waals surface area (Å²) in [4.78, 5) is 32.8. The number of amides is 1. The van der Waals surface area contributed by atoms with Crippen molar-refractivity contribution in [1.29, 1.82) is 0 Å². The fourth-order valence-corrected chi connectivity index (χ4v) is 1.77. The number of carboxylic acids is 2. The van der Waals surface area contributed by atoms with Crippen molar-refractivity contribution in [1.82, 2.24) is 5.43 Å². The zero-order valence-corrected chi connectivity index (χ0v) is 12.0. The molecule has 0 atom stereocenters. The molecule has 1 amide bonds. The van der Waals surface area contributed by atoms with Crippen LogP contribution >= 0.6 is 0 Å². The largest absolute Gasteiger partial charge is 0.481 e. The van der Waals surface area contributed by atoms with Crippen molar-refractivity contribution in [2.45, 2.75) is 32.1 Å². The molecule has 1 aromatic rings. The molecule has 0 bridgehead atoms. The first-order valence-electron chi connectivity index (χ1n) is 6.86. The molecule has 0 aliphatic rings. The second-order valence-corrected chi connectivity index (χ2v) is 4.64. The van der Waals surface area contributed by atoms with Crippen LogP contribution in [-0.2, 0) is 9.59 Å². The first-order chi connectivity index (χ1) is 10.5. The number of hydrogen-bond donors (Lipinski definition) is 3. The number of hydrazone groups is 1. The van der Waals surface area contributed by atoms with E-state index < -0.39 is 11.9 Å². The first kappa shape index (κ1) is 17.4. The number of carbonyl (C=O) groups excluding carboxylic acids is 1. The van der Waals surface area contributed by atoms with Gasteiger partial charge >= 0.3 is 11.9 Å². The average molecular weight is 306 g/mol. The van der Waals surface area contributed by atoms with Crippen LogP contribution in [0.1, 0.15) is 48.0 Å². The third-order valence-electron chi connectivity index (χ3n) is 2.88. The zero-order valence-electron chi connectivity index (χ0n) is 12.0. The minimum atomic E-state index is -1.06. The molecule has 0 aromatic heterocycles. The Hall–Kier alpha value is -2.70. The lowest BCUT2D eigenvalue weighted by Crippen LogP contribution is -2.17. The Kier molecular flexibility index (Phi) is 7.32. The second kappa shape index (κ2) is 9.28. The predicted octanol–water partition coefficient (Wildman–Crippen LogP) is 1.87. The number of unbranched alkanes of at least 4 members (excludes halogenated alkanes) is 2. The summed E-state index contributed by atoms with van der Waals surface area (Å²) in [7, 11) is 0. The number of nitrogens with one attached hydrogen (secondary N) is 1. The molecule has 0 unspecified atom stereocenters. The molecule has 1 rings (SSSR count). The Morgan fingerprint density at radius 1 is 1.05 bits per heavy atom. The number of nitrogens with zero attached hydrogens (tertiary/aromatic N) is 1. The number of benzene rings is 1. The van der Waals surface area contributed by atoms with Crippen LogP contribution in [0, 0.1) is 0 Å². The molecule has 0 radical (unpaired) electrons. The van der Waals surface area contributed by atoms with E-state index in [0.29, 0.717) is 24.8 Å². The van der Waals surface area contributed by atoms with Gasteiger partial charge in [0, 0.05) is 18.4 Å². The number of rotatable bonds is 9. The van der Waals surface area contributed by atoms with Gasteiger partial charge in [-0.1, -0.05) is 24.6 Å². The average Bonchev–Trinajstić information content (AvgIpc) is 2.47. The molecule has 0 saturated carbocycles. The molecule has 0 fully saturated rings. The van der Waals surface area contributed by atoms with Gasteiger partial charge in [0.15, 0.2) is 0 Å². The number of carbonyl (C=O) groups is 3. The summed E-state index contributed by atoms with van der Waals surface area (Å²) in [6, 6.07) is 6.33. The molecule has 118 valence electrons. The third kappa shape index (κ3) is 6.65. The summed E-state index contributed by atoms with van der Waals surface area (Å²) in [6.45, 7) is 0. The number of hydrogen-bond acceptors (Lipinski definition) is 4. The summed E-state index contributed by atoms with van der Waals surface area (Å²) < 4.78 is 0. The van der Waals surface area contributed by atoms with Gasteiger partial charge < -0.3 is 10.2 Å². The van der Waals surface area contributed by atoms with Crippen molar-refractivity contribution in [3.8, 4) is 0 Å². The van der Waals surface area contributed by atoms with Gasteiger partial charge in [-0.3, -0.25) is 9.59 Å². The molecule has 0 aliphatic carbocycles. The molecule has 0 spiro atoms. The van der Waals surface area contributed by atoms with Gasteiger partial charge in [-0.05, 0) is 18.9 Å². The van der Waals surface area contributed by atoms with Gasteiger partial charge in [0.25, 0.3) is 0 Å². The van der Waals surface area contributed by atoms with Gasteiger partial charge in [0.05, 0.1) is 11.8 Å². The smallest absolute Gasteiger partial charge is 0.336 e. The predicted molar refractivity (Wildman–Crippen MR) is 79.9 cm³/mol. The quantitative estimate of drug-likeness (QED) is 0.366. The van der Waals surface area contributed by atoms with Crippen molar-refractivity contribution in [3.63, 3.8) is 0 Å². The maximum absolute atomic E-state index is 11.5. The Labute approximate surface area is 127 Å². The maximum Gasteiger partial charge on any atom is 0.336 e. The summed E-state index contributed by atoms with van der Waals surface area (Å²) in [5, 5.41) is 21.2. The van der Waals surface area contributed by atoms with E-state index in [2.05, 4.69) is 10.5 Å². The van der Waals surface area contributed by atoms with Gasteiger partial charge in [-0.2, -0.15) is 5.10 Å². The van der Waals surface area contributed by atoms with Crippen molar-refractivity contribution >= 4 is 24.1 Å². The lowest BCUT2D eigenvalue weighted by atomic mass is 10.1. The normalized spacial score (nSPS) is 10.5. The molecule has 0 saturated heterocycles. The lowest BCUT2D eigenvalue weighted by molar-refractivity contribution is -0.137. The first-order valence-corrected chi connectivity index (χ1v) is 6.86. The standard InChI is InChI=1S/C15H18N2O5/c18-13(8-2-1-3-9-14(19)20)17-16-10-11-6-4-5-7-12(11)15(21)22/h4-7,10H,1-3,8-9H2,(H,17,18)(H,19,20)(H,21,22)/b16-10+. The van der Waals surface area contributed by atoms with E-state index in [9.17, 15) is 14.4 Å². The Bertz CT molecular complexity index is 569. The molecular weight excluding hydrogens is 288 g/mol. The van der Waals surface area contributed by atoms with Gasteiger partial charge in [0.2, 0.25) is 5.91 Å². The van der Waals surface area contributed by atoms with E-state index in [4.69, 9.17) is 10.2 Å². The van der Waals surface area contributed by atoms with Gasteiger partial charge in [0.1, 0.15) is 0 Å². The van der Waals surface area contributed by atoms with Crippen LogP contribution < -0.4 is 5.43 Å². The summed E-state index contributed by atoms with van der Waals surface area (Å²) in [6.07, 6.45) is 3.42. The summed E-state index contributed by atoms with van der Waals surface area (Å²) >= 11 is 0. The Morgan fingerprint density at radius 3 is 2.41 bits per heavy atom. The topological polar surface area (TPSA) is 116 Å². The van der Waals surface area contributed by atoms with Crippen LogP contribution in [0.25, 0.3) is 0 Å². The highest BCUT2D eigenvalue weighted by Crippen LogP contribution is 2.06. The van der Waals surface area contributed by atoms with Crippen LogP contribution in [0.5, 0.6) is 0 Å². The monoisotopic (exact) mass is 306 g/mol.